The van der Waals surface area contributed by atoms with Crippen LogP contribution < -0.4 is 4.74 Å². The smallest absolute Gasteiger partial charge is 0.359 e. The number of esters is 2. The lowest BCUT2D eigenvalue weighted by Crippen LogP contribution is -2.50. The van der Waals surface area contributed by atoms with Crippen molar-refractivity contribution in [3.05, 3.63) is 100 Å². The fourth-order valence-electron chi connectivity index (χ4n) is 5.39. The molecule has 0 bridgehead atoms. The van der Waals surface area contributed by atoms with E-state index in [1.54, 1.807) is 32.0 Å². The van der Waals surface area contributed by atoms with Crippen LogP contribution in [0.1, 0.15) is 55.9 Å². The molecule has 3 aromatic rings. The maximum absolute atomic E-state index is 12.5. The zero-order valence-electron chi connectivity index (χ0n) is 23.8. The maximum Gasteiger partial charge on any atom is 0.359 e. The Morgan fingerprint density at radius 2 is 1.68 bits per heavy atom. The van der Waals surface area contributed by atoms with Crippen LogP contribution in [0.3, 0.4) is 0 Å². The minimum absolute atomic E-state index is 0.0217. The highest BCUT2D eigenvalue weighted by atomic mass is 35.5. The number of benzene rings is 3. The molecule has 4 rings (SSSR count). The van der Waals surface area contributed by atoms with Crippen molar-refractivity contribution in [2.45, 2.75) is 70.9 Å². The van der Waals surface area contributed by atoms with Gasteiger partial charge in [-0.05, 0) is 93.0 Å². The topological polar surface area (TPSA) is 85.3 Å². The first-order chi connectivity index (χ1) is 19.7. The summed E-state index contributed by atoms with van der Waals surface area (Å²) in [5, 5.41) is 12.6. The van der Waals surface area contributed by atoms with Crippen LogP contribution in [-0.4, -0.2) is 47.3 Å². The highest BCUT2D eigenvalue weighted by Crippen LogP contribution is 2.36. The molecule has 0 heterocycles. The Morgan fingerprint density at radius 3 is 2.34 bits per heavy atom. The van der Waals surface area contributed by atoms with Gasteiger partial charge in [0.05, 0.1) is 13.2 Å². The van der Waals surface area contributed by atoms with Crippen molar-refractivity contribution < 1.29 is 28.9 Å². The molecule has 2 atom stereocenters. The monoisotopic (exact) mass is 579 g/mol. The highest BCUT2D eigenvalue weighted by molar-refractivity contribution is 6.30. The third-order valence-corrected chi connectivity index (χ3v) is 7.67. The first-order valence-electron chi connectivity index (χ1n) is 14.1. The second kappa shape index (κ2) is 14.0. The zero-order chi connectivity index (χ0) is 29.4. The molecular formula is C33H38ClNO6. The average molecular weight is 580 g/mol. The normalized spacial score (nSPS) is 16.4. The molecule has 41 heavy (non-hydrogen) atoms. The summed E-state index contributed by atoms with van der Waals surface area (Å²) in [7, 11) is 0. The van der Waals surface area contributed by atoms with Crippen molar-refractivity contribution in [3.63, 3.8) is 0 Å². The van der Waals surface area contributed by atoms with Crippen LogP contribution >= 0.6 is 11.6 Å². The summed E-state index contributed by atoms with van der Waals surface area (Å²) in [6.07, 6.45) is 1.79. The lowest BCUT2D eigenvalue weighted by molar-refractivity contribution is -0.166. The van der Waals surface area contributed by atoms with Crippen LogP contribution in [0.4, 0.5) is 0 Å². The molecule has 0 fully saturated rings. The van der Waals surface area contributed by atoms with Gasteiger partial charge >= 0.3 is 11.9 Å². The molecular weight excluding hydrogens is 542 g/mol. The fourth-order valence-corrected chi connectivity index (χ4v) is 5.58. The van der Waals surface area contributed by atoms with E-state index in [1.165, 1.54) is 5.56 Å². The SMILES string of the molecule is CCOC(=O)C(Oc1ccc2c(c1)CC(N(Cc1ccccc1)[C@](C)(O)c1cccc(Cl)c1)CCC2)C(=O)OCC. The van der Waals surface area contributed by atoms with Crippen molar-refractivity contribution >= 4 is 23.5 Å². The summed E-state index contributed by atoms with van der Waals surface area (Å²) in [4.78, 5) is 27.1. The van der Waals surface area contributed by atoms with Crippen molar-refractivity contribution in [1.29, 1.82) is 0 Å². The van der Waals surface area contributed by atoms with Crippen molar-refractivity contribution in [2.75, 3.05) is 13.2 Å². The van der Waals surface area contributed by atoms with Crippen molar-refractivity contribution in [1.82, 2.24) is 4.90 Å². The van der Waals surface area contributed by atoms with Gasteiger partial charge in [0, 0.05) is 17.6 Å². The molecule has 0 amide bonds. The van der Waals surface area contributed by atoms with E-state index in [9.17, 15) is 14.7 Å². The van der Waals surface area contributed by atoms with Gasteiger partial charge in [-0.3, -0.25) is 4.90 Å². The first kappa shape index (κ1) is 30.6. The minimum atomic E-state index is -1.51. The third-order valence-electron chi connectivity index (χ3n) is 7.44. The summed E-state index contributed by atoms with van der Waals surface area (Å²) in [5.41, 5.74) is 2.71. The van der Waals surface area contributed by atoms with E-state index in [1.807, 2.05) is 49.4 Å². The van der Waals surface area contributed by atoms with Gasteiger partial charge in [0.25, 0.3) is 6.10 Å². The molecule has 0 spiro atoms. The fraction of sp³-hybridized carbons (Fsp3) is 0.394. The van der Waals surface area contributed by atoms with Crippen molar-refractivity contribution in [3.8, 4) is 5.75 Å². The van der Waals surface area contributed by atoms with E-state index in [4.69, 9.17) is 25.8 Å². The van der Waals surface area contributed by atoms with E-state index in [-0.39, 0.29) is 19.3 Å². The average Bonchev–Trinajstić information content (AvgIpc) is 3.17. The third kappa shape index (κ3) is 7.67. The Labute approximate surface area is 247 Å². The number of nitrogens with zero attached hydrogens (tertiary/aromatic N) is 1. The Bertz CT molecular complexity index is 1310. The number of hydrogen-bond acceptors (Lipinski definition) is 7. The standard InChI is InChI=1S/C33H38ClNO6/c1-4-39-31(36)30(32(37)40-5-2)41-29-18-17-24-13-9-16-28(19-25(24)20-29)35(22-23-11-7-6-8-12-23)33(3,38)26-14-10-15-27(34)21-26/h6-8,10-12,14-15,17-18,20-21,28,30,38H,4-5,9,13,16,19,22H2,1-3H3/t28?,33-/m1/s1. The molecule has 8 heteroatoms. The summed E-state index contributed by atoms with van der Waals surface area (Å²) in [5.74, 6) is -1.19. The number of hydrogen-bond donors (Lipinski definition) is 1. The molecule has 0 saturated carbocycles. The summed E-state index contributed by atoms with van der Waals surface area (Å²) >= 11 is 6.33. The molecule has 7 nitrogen and oxygen atoms in total. The summed E-state index contributed by atoms with van der Waals surface area (Å²) < 4.78 is 16.0. The number of halogens is 1. The van der Waals surface area contributed by atoms with Gasteiger partial charge in [-0.1, -0.05) is 60.1 Å². The number of rotatable bonds is 11. The Hall–Kier alpha value is -3.39. The summed E-state index contributed by atoms with van der Waals surface area (Å²) in [6, 6.07) is 23.1. The van der Waals surface area contributed by atoms with Crippen molar-refractivity contribution in [2.24, 2.45) is 0 Å². The van der Waals surface area contributed by atoms with Gasteiger partial charge in [-0.2, -0.15) is 0 Å². The van der Waals surface area contributed by atoms with Crippen LogP contribution in [0.5, 0.6) is 5.75 Å². The van der Waals surface area contributed by atoms with Gasteiger partial charge in [0.15, 0.2) is 0 Å². The van der Waals surface area contributed by atoms with Gasteiger partial charge in [-0.15, -0.1) is 0 Å². The second-order valence-electron chi connectivity index (χ2n) is 10.3. The van der Waals surface area contributed by atoms with E-state index in [0.717, 1.165) is 30.4 Å². The number of aryl methyl sites for hydroxylation is 1. The largest absolute Gasteiger partial charge is 0.467 e. The van der Waals surface area contributed by atoms with Crippen LogP contribution in [0.15, 0.2) is 72.8 Å². The van der Waals surface area contributed by atoms with Gasteiger partial charge in [0.1, 0.15) is 11.5 Å². The molecule has 0 aliphatic heterocycles. The minimum Gasteiger partial charge on any atom is -0.467 e. The molecule has 218 valence electrons. The van der Waals surface area contributed by atoms with Crippen LogP contribution in [0.2, 0.25) is 5.02 Å². The second-order valence-corrected chi connectivity index (χ2v) is 10.8. The Morgan fingerprint density at radius 1 is 0.976 bits per heavy atom. The number of fused-ring (bicyclic) bond motifs is 1. The van der Waals surface area contributed by atoms with E-state index >= 15 is 0 Å². The van der Waals surface area contributed by atoms with Crippen LogP contribution in [-0.2, 0) is 44.2 Å². The molecule has 1 unspecified atom stereocenters. The summed E-state index contributed by atoms with van der Waals surface area (Å²) in [6.45, 7) is 5.92. The number of aliphatic hydroxyl groups is 1. The predicted octanol–water partition coefficient (Wildman–Crippen LogP) is 5.83. The van der Waals surface area contributed by atoms with Crippen LogP contribution in [0.25, 0.3) is 0 Å². The molecule has 0 radical (unpaired) electrons. The lowest BCUT2D eigenvalue weighted by Gasteiger charge is -2.43. The van der Waals surface area contributed by atoms with E-state index in [0.29, 0.717) is 29.3 Å². The molecule has 0 saturated heterocycles. The Balaban J connectivity index is 1.66. The highest BCUT2D eigenvalue weighted by Gasteiger charge is 2.38. The van der Waals surface area contributed by atoms with E-state index in [2.05, 4.69) is 17.0 Å². The van der Waals surface area contributed by atoms with Gasteiger partial charge in [-0.25, -0.2) is 9.59 Å². The number of carbonyl (C=O) groups excluding carboxylic acids is 2. The molecule has 0 aromatic heterocycles. The Kier molecular flexibility index (Phi) is 10.4. The molecule has 3 aromatic carbocycles. The number of ether oxygens (including phenoxy) is 3. The maximum atomic E-state index is 12.5. The van der Waals surface area contributed by atoms with Gasteiger partial charge < -0.3 is 19.3 Å². The first-order valence-corrected chi connectivity index (χ1v) is 14.5. The van der Waals surface area contributed by atoms with Gasteiger partial charge in [0.2, 0.25) is 0 Å². The zero-order valence-corrected chi connectivity index (χ0v) is 24.6. The molecule has 1 N–H and O–H groups in total. The molecule has 1 aliphatic rings. The quantitative estimate of drug-likeness (QED) is 0.132. The predicted molar refractivity (Wildman–Crippen MR) is 158 cm³/mol. The number of carbonyl (C=O) groups is 2. The molecule has 1 aliphatic carbocycles. The van der Waals surface area contributed by atoms with Crippen LogP contribution in [0, 0.1) is 0 Å². The lowest BCUT2D eigenvalue weighted by atomic mass is 9.95. The van der Waals surface area contributed by atoms with E-state index < -0.39 is 23.8 Å².